The van der Waals surface area contributed by atoms with Gasteiger partial charge in [0.25, 0.3) is 0 Å². The van der Waals surface area contributed by atoms with Gasteiger partial charge in [-0.3, -0.25) is 4.79 Å². The number of aliphatic hydroxyl groups is 1. The van der Waals surface area contributed by atoms with Crippen molar-refractivity contribution in [2.75, 3.05) is 24.7 Å². The van der Waals surface area contributed by atoms with Crippen molar-refractivity contribution in [3.63, 3.8) is 0 Å². The second-order valence-electron chi connectivity index (χ2n) is 3.74. The van der Waals surface area contributed by atoms with E-state index in [1.54, 1.807) is 18.7 Å². The molecular formula is C13H19NO3S. The fourth-order valence-electron chi connectivity index (χ4n) is 1.50. The molecule has 100 valence electrons. The SMILES string of the molecule is CCOC(=O)CC(O)CNc1ccccc1SC. The molecule has 5 heteroatoms. The smallest absolute Gasteiger partial charge is 0.308 e. The molecule has 2 N–H and O–H groups in total. The molecule has 0 spiro atoms. The van der Waals surface area contributed by atoms with Gasteiger partial charge in [0.2, 0.25) is 0 Å². The molecule has 1 unspecified atom stereocenters. The molecular weight excluding hydrogens is 250 g/mol. The van der Waals surface area contributed by atoms with Crippen LogP contribution in [0.4, 0.5) is 5.69 Å². The summed E-state index contributed by atoms with van der Waals surface area (Å²) in [5.74, 6) is -0.370. The molecule has 4 nitrogen and oxygen atoms in total. The fourth-order valence-corrected chi connectivity index (χ4v) is 2.08. The van der Waals surface area contributed by atoms with Gasteiger partial charge in [0.15, 0.2) is 0 Å². The first-order chi connectivity index (χ1) is 8.67. The van der Waals surface area contributed by atoms with Gasteiger partial charge in [0.05, 0.1) is 19.1 Å². The number of thioether (sulfide) groups is 1. The number of benzene rings is 1. The highest BCUT2D eigenvalue weighted by atomic mass is 32.2. The highest BCUT2D eigenvalue weighted by Crippen LogP contribution is 2.24. The molecule has 1 atom stereocenters. The first-order valence-corrected chi connectivity index (χ1v) is 7.10. The normalized spacial score (nSPS) is 11.9. The number of carbonyl (C=O) groups excluding carboxylic acids is 1. The van der Waals surface area contributed by atoms with Crippen molar-refractivity contribution in [1.29, 1.82) is 0 Å². The zero-order valence-corrected chi connectivity index (χ0v) is 11.5. The number of carbonyl (C=O) groups is 1. The molecule has 1 rings (SSSR count). The average molecular weight is 269 g/mol. The maximum Gasteiger partial charge on any atom is 0.308 e. The Balaban J connectivity index is 2.42. The van der Waals surface area contributed by atoms with Gasteiger partial charge in [0.1, 0.15) is 0 Å². The standard InChI is InChI=1S/C13H19NO3S/c1-3-17-13(16)8-10(15)9-14-11-6-4-5-7-12(11)18-2/h4-7,10,14-15H,3,8-9H2,1-2H3. The van der Waals surface area contributed by atoms with Crippen LogP contribution in [-0.4, -0.2) is 36.6 Å². The third kappa shape index (κ3) is 4.98. The molecule has 0 saturated heterocycles. The predicted octanol–water partition coefficient (Wildman–Crippen LogP) is 2.13. The van der Waals surface area contributed by atoms with Crippen LogP contribution in [-0.2, 0) is 9.53 Å². The fraction of sp³-hybridized carbons (Fsp3) is 0.462. The van der Waals surface area contributed by atoms with E-state index in [-0.39, 0.29) is 12.4 Å². The number of esters is 1. The maximum absolute atomic E-state index is 11.2. The molecule has 0 radical (unpaired) electrons. The minimum Gasteiger partial charge on any atom is -0.466 e. The Labute approximate surface area is 112 Å². The summed E-state index contributed by atoms with van der Waals surface area (Å²) in [5.41, 5.74) is 0.966. The lowest BCUT2D eigenvalue weighted by Gasteiger charge is -2.14. The lowest BCUT2D eigenvalue weighted by Crippen LogP contribution is -2.24. The largest absolute Gasteiger partial charge is 0.466 e. The summed E-state index contributed by atoms with van der Waals surface area (Å²) < 4.78 is 4.78. The summed E-state index contributed by atoms with van der Waals surface area (Å²) in [6, 6.07) is 7.85. The summed E-state index contributed by atoms with van der Waals surface area (Å²) in [4.78, 5) is 12.3. The van der Waals surface area contributed by atoms with Gasteiger partial charge < -0.3 is 15.2 Å². The van der Waals surface area contributed by atoms with E-state index in [1.165, 1.54) is 0 Å². The van der Waals surface area contributed by atoms with E-state index < -0.39 is 6.10 Å². The lowest BCUT2D eigenvalue weighted by atomic mass is 10.2. The molecule has 0 aromatic heterocycles. The summed E-state index contributed by atoms with van der Waals surface area (Å²) in [6.45, 7) is 2.42. The van der Waals surface area contributed by atoms with Gasteiger partial charge in [-0.05, 0) is 25.3 Å². The molecule has 18 heavy (non-hydrogen) atoms. The molecule has 1 aromatic carbocycles. The van der Waals surface area contributed by atoms with Crippen LogP contribution in [0.5, 0.6) is 0 Å². The molecule has 0 aliphatic heterocycles. The van der Waals surface area contributed by atoms with Crippen LogP contribution in [0.15, 0.2) is 29.2 Å². The highest BCUT2D eigenvalue weighted by Gasteiger charge is 2.11. The summed E-state index contributed by atoms with van der Waals surface area (Å²) in [5, 5.41) is 12.8. The quantitative estimate of drug-likeness (QED) is 0.586. The van der Waals surface area contributed by atoms with E-state index in [0.29, 0.717) is 13.2 Å². The topological polar surface area (TPSA) is 58.6 Å². The molecule has 0 aliphatic rings. The number of ether oxygens (including phenoxy) is 1. The van der Waals surface area contributed by atoms with Crippen LogP contribution in [0, 0.1) is 0 Å². The van der Waals surface area contributed by atoms with Gasteiger partial charge in [0, 0.05) is 17.1 Å². The van der Waals surface area contributed by atoms with E-state index in [9.17, 15) is 9.90 Å². The third-order valence-electron chi connectivity index (χ3n) is 2.34. The molecule has 0 aliphatic carbocycles. The van der Waals surface area contributed by atoms with Crippen LogP contribution in [0.2, 0.25) is 0 Å². The van der Waals surface area contributed by atoms with E-state index in [4.69, 9.17) is 4.74 Å². The van der Waals surface area contributed by atoms with E-state index in [0.717, 1.165) is 10.6 Å². The number of hydrogen-bond acceptors (Lipinski definition) is 5. The molecule has 1 aromatic rings. The van der Waals surface area contributed by atoms with Crippen LogP contribution in [0.1, 0.15) is 13.3 Å². The minimum atomic E-state index is -0.737. The van der Waals surface area contributed by atoms with Crippen molar-refractivity contribution in [2.45, 2.75) is 24.3 Å². The lowest BCUT2D eigenvalue weighted by molar-refractivity contribution is -0.145. The van der Waals surface area contributed by atoms with E-state index in [1.807, 2.05) is 30.5 Å². The van der Waals surface area contributed by atoms with Gasteiger partial charge in [-0.25, -0.2) is 0 Å². The molecule has 0 saturated carbocycles. The first-order valence-electron chi connectivity index (χ1n) is 5.88. The van der Waals surface area contributed by atoms with Crippen molar-refractivity contribution in [3.8, 4) is 0 Å². The number of nitrogens with one attached hydrogen (secondary N) is 1. The Bertz CT molecular complexity index is 384. The summed E-state index contributed by atoms with van der Waals surface area (Å²) >= 11 is 1.63. The minimum absolute atomic E-state index is 0.0161. The van der Waals surface area contributed by atoms with E-state index >= 15 is 0 Å². The number of anilines is 1. The highest BCUT2D eigenvalue weighted by molar-refractivity contribution is 7.98. The van der Waals surface area contributed by atoms with Crippen LogP contribution in [0.25, 0.3) is 0 Å². The van der Waals surface area contributed by atoms with Gasteiger partial charge >= 0.3 is 5.97 Å². The molecule has 0 fully saturated rings. The van der Waals surface area contributed by atoms with Crippen molar-refractivity contribution >= 4 is 23.4 Å². The van der Waals surface area contributed by atoms with Crippen LogP contribution in [0.3, 0.4) is 0 Å². The zero-order chi connectivity index (χ0) is 13.4. The number of aliphatic hydroxyl groups excluding tert-OH is 1. The molecule has 0 heterocycles. The Kier molecular flexibility index (Phi) is 6.60. The van der Waals surface area contributed by atoms with Gasteiger partial charge in [-0.1, -0.05) is 12.1 Å². The Morgan fingerprint density at radius 1 is 1.50 bits per heavy atom. The summed E-state index contributed by atoms with van der Waals surface area (Å²) in [7, 11) is 0. The third-order valence-corrected chi connectivity index (χ3v) is 3.14. The van der Waals surface area contributed by atoms with Crippen molar-refractivity contribution in [1.82, 2.24) is 0 Å². The Morgan fingerprint density at radius 2 is 2.22 bits per heavy atom. The Morgan fingerprint density at radius 3 is 2.89 bits per heavy atom. The van der Waals surface area contributed by atoms with Gasteiger partial charge in [-0.2, -0.15) is 0 Å². The zero-order valence-electron chi connectivity index (χ0n) is 10.7. The monoisotopic (exact) mass is 269 g/mol. The van der Waals surface area contributed by atoms with Crippen LogP contribution >= 0.6 is 11.8 Å². The molecule has 0 bridgehead atoms. The first kappa shape index (κ1) is 14.9. The molecule has 0 amide bonds. The van der Waals surface area contributed by atoms with Crippen molar-refractivity contribution in [3.05, 3.63) is 24.3 Å². The summed E-state index contributed by atoms with van der Waals surface area (Å²) in [6.07, 6.45) is 1.27. The van der Waals surface area contributed by atoms with Crippen molar-refractivity contribution < 1.29 is 14.6 Å². The Hall–Kier alpha value is -1.20. The predicted molar refractivity (Wildman–Crippen MR) is 74.0 cm³/mol. The maximum atomic E-state index is 11.2. The average Bonchev–Trinajstić information content (AvgIpc) is 2.37. The number of hydrogen-bond donors (Lipinski definition) is 2. The van der Waals surface area contributed by atoms with Crippen LogP contribution < -0.4 is 5.32 Å². The van der Waals surface area contributed by atoms with E-state index in [2.05, 4.69) is 5.32 Å². The number of rotatable bonds is 7. The van der Waals surface area contributed by atoms with Crippen molar-refractivity contribution in [2.24, 2.45) is 0 Å². The second kappa shape index (κ2) is 8.00. The second-order valence-corrected chi connectivity index (χ2v) is 4.59. The van der Waals surface area contributed by atoms with Gasteiger partial charge in [-0.15, -0.1) is 11.8 Å². The number of para-hydroxylation sites is 1.